The molecule has 5 nitrogen and oxygen atoms in total. The molecule has 1 aromatic carbocycles. The van der Waals surface area contributed by atoms with E-state index in [-0.39, 0.29) is 17.6 Å². The van der Waals surface area contributed by atoms with Crippen LogP contribution in [0.15, 0.2) is 24.3 Å². The maximum atomic E-state index is 12.0. The molecule has 2 rings (SSSR count). The van der Waals surface area contributed by atoms with Crippen LogP contribution in [0.5, 0.6) is 0 Å². The average molecular weight is 292 g/mol. The van der Waals surface area contributed by atoms with Gasteiger partial charge in [0.25, 0.3) is 0 Å². The lowest BCUT2D eigenvalue weighted by Crippen LogP contribution is -2.38. The molecule has 1 aliphatic carbocycles. The molecule has 1 saturated carbocycles. The summed E-state index contributed by atoms with van der Waals surface area (Å²) in [4.78, 5) is 11.1. The maximum absolute atomic E-state index is 12.0. The van der Waals surface area contributed by atoms with Crippen molar-refractivity contribution in [3.63, 3.8) is 0 Å². The summed E-state index contributed by atoms with van der Waals surface area (Å²) in [7, 11) is -3.42. The number of Topliss-reactive ketones (excluding diaryl/α,β-unsaturated/α-hetero) is 1. The van der Waals surface area contributed by atoms with Crippen molar-refractivity contribution in [2.75, 3.05) is 0 Å². The number of nitriles is 1. The van der Waals surface area contributed by atoms with Crippen molar-refractivity contribution < 1.29 is 13.2 Å². The Bertz CT molecular complexity index is 619. The lowest BCUT2D eigenvalue weighted by Gasteiger charge is -2.22. The minimum absolute atomic E-state index is 0.108. The van der Waals surface area contributed by atoms with Crippen molar-refractivity contribution in [3.8, 4) is 6.07 Å². The van der Waals surface area contributed by atoms with Gasteiger partial charge in [-0.25, -0.2) is 13.1 Å². The normalized spacial score (nSPS) is 16.9. The molecule has 0 amide bonds. The van der Waals surface area contributed by atoms with Gasteiger partial charge in [0.05, 0.1) is 17.4 Å². The van der Waals surface area contributed by atoms with Gasteiger partial charge in [0, 0.05) is 18.9 Å². The molecule has 1 aliphatic rings. The molecule has 1 fully saturated rings. The van der Waals surface area contributed by atoms with Crippen LogP contribution >= 0.6 is 0 Å². The molecule has 0 unspecified atom stereocenters. The molecule has 1 N–H and O–H groups in total. The van der Waals surface area contributed by atoms with E-state index in [0.29, 0.717) is 36.8 Å². The van der Waals surface area contributed by atoms with Crippen LogP contribution in [0.4, 0.5) is 0 Å². The highest BCUT2D eigenvalue weighted by molar-refractivity contribution is 7.88. The summed E-state index contributed by atoms with van der Waals surface area (Å²) in [6.07, 6.45) is 2.05. The Labute approximate surface area is 118 Å². The molecule has 0 aliphatic heterocycles. The van der Waals surface area contributed by atoms with E-state index in [1.165, 1.54) is 0 Å². The number of ketones is 1. The Morgan fingerprint density at radius 2 is 1.80 bits per heavy atom. The molecule has 0 bridgehead atoms. The molecule has 0 heterocycles. The van der Waals surface area contributed by atoms with E-state index in [4.69, 9.17) is 5.26 Å². The van der Waals surface area contributed by atoms with Crippen LogP contribution in [0.25, 0.3) is 0 Å². The van der Waals surface area contributed by atoms with E-state index < -0.39 is 10.0 Å². The highest BCUT2D eigenvalue weighted by Gasteiger charge is 2.23. The highest BCUT2D eigenvalue weighted by Crippen LogP contribution is 2.16. The zero-order valence-corrected chi connectivity index (χ0v) is 11.8. The Kier molecular flexibility index (Phi) is 4.53. The summed E-state index contributed by atoms with van der Waals surface area (Å²) < 4.78 is 26.7. The first-order valence-corrected chi connectivity index (χ1v) is 8.14. The van der Waals surface area contributed by atoms with E-state index in [0.717, 1.165) is 0 Å². The number of rotatable bonds is 4. The van der Waals surface area contributed by atoms with Crippen molar-refractivity contribution >= 4 is 15.8 Å². The van der Waals surface area contributed by atoms with Gasteiger partial charge >= 0.3 is 0 Å². The van der Waals surface area contributed by atoms with Gasteiger partial charge in [0.15, 0.2) is 0 Å². The molecular weight excluding hydrogens is 276 g/mol. The third-order valence-corrected chi connectivity index (χ3v) is 4.74. The summed E-state index contributed by atoms with van der Waals surface area (Å²) in [5.41, 5.74) is 1.15. The van der Waals surface area contributed by atoms with Crippen LogP contribution in [-0.2, 0) is 20.6 Å². The van der Waals surface area contributed by atoms with E-state index >= 15 is 0 Å². The van der Waals surface area contributed by atoms with Crippen LogP contribution in [0, 0.1) is 11.3 Å². The van der Waals surface area contributed by atoms with Crippen molar-refractivity contribution in [1.82, 2.24) is 4.72 Å². The molecule has 106 valence electrons. The fourth-order valence-corrected chi connectivity index (χ4v) is 3.71. The summed E-state index contributed by atoms with van der Waals surface area (Å²) in [5, 5.41) is 8.69. The Morgan fingerprint density at radius 3 is 2.35 bits per heavy atom. The lowest BCUT2D eigenvalue weighted by atomic mass is 9.95. The Balaban J connectivity index is 1.96. The largest absolute Gasteiger partial charge is 0.300 e. The van der Waals surface area contributed by atoms with Gasteiger partial charge < -0.3 is 0 Å². The van der Waals surface area contributed by atoms with Crippen molar-refractivity contribution in [3.05, 3.63) is 35.4 Å². The number of nitrogens with zero attached hydrogens (tertiary/aromatic N) is 1. The number of benzene rings is 1. The molecule has 0 radical (unpaired) electrons. The van der Waals surface area contributed by atoms with E-state index in [9.17, 15) is 13.2 Å². The van der Waals surface area contributed by atoms with E-state index in [1.54, 1.807) is 24.3 Å². The zero-order valence-electron chi connectivity index (χ0n) is 11.0. The zero-order chi connectivity index (χ0) is 14.6. The number of carbonyl (C=O) groups excluding carboxylic acids is 1. The first-order valence-electron chi connectivity index (χ1n) is 6.49. The van der Waals surface area contributed by atoms with Crippen LogP contribution in [0.3, 0.4) is 0 Å². The summed E-state index contributed by atoms with van der Waals surface area (Å²) in [5.74, 6) is 0.0934. The summed E-state index contributed by atoms with van der Waals surface area (Å²) in [6.45, 7) is 0. The van der Waals surface area contributed by atoms with Crippen LogP contribution in [-0.4, -0.2) is 20.2 Å². The second kappa shape index (κ2) is 6.16. The first kappa shape index (κ1) is 14.7. The maximum Gasteiger partial charge on any atom is 0.216 e. The number of sulfonamides is 1. The standard InChI is InChI=1S/C14H16N2O3S/c15-9-11-1-3-12(4-2-11)10-20(18,19)16-13-5-7-14(17)8-6-13/h1-4,13,16H,5-8,10H2. The van der Waals surface area contributed by atoms with Gasteiger partial charge in [-0.2, -0.15) is 5.26 Å². The predicted molar refractivity (Wildman–Crippen MR) is 74.2 cm³/mol. The van der Waals surface area contributed by atoms with Gasteiger partial charge in [0.2, 0.25) is 10.0 Å². The number of hydrogen-bond donors (Lipinski definition) is 1. The third-order valence-electron chi connectivity index (χ3n) is 3.33. The highest BCUT2D eigenvalue weighted by atomic mass is 32.2. The van der Waals surface area contributed by atoms with Gasteiger partial charge in [-0.1, -0.05) is 12.1 Å². The quantitative estimate of drug-likeness (QED) is 0.910. The molecule has 0 atom stereocenters. The smallest absolute Gasteiger partial charge is 0.216 e. The topological polar surface area (TPSA) is 87.0 Å². The van der Waals surface area contributed by atoms with Gasteiger partial charge in [-0.15, -0.1) is 0 Å². The predicted octanol–water partition coefficient (Wildman–Crippen LogP) is 1.49. The monoisotopic (exact) mass is 292 g/mol. The second-order valence-corrected chi connectivity index (χ2v) is 6.75. The van der Waals surface area contributed by atoms with Crippen LogP contribution in [0.2, 0.25) is 0 Å². The number of carbonyl (C=O) groups is 1. The SMILES string of the molecule is N#Cc1ccc(CS(=O)(=O)NC2CCC(=O)CC2)cc1. The fraction of sp³-hybridized carbons (Fsp3) is 0.429. The molecular formula is C14H16N2O3S. The average Bonchev–Trinajstić information content (AvgIpc) is 2.41. The third kappa shape index (κ3) is 4.15. The summed E-state index contributed by atoms with van der Waals surface area (Å²) in [6, 6.07) is 8.33. The minimum atomic E-state index is -3.42. The number of hydrogen-bond acceptors (Lipinski definition) is 4. The molecule has 0 spiro atoms. The first-order chi connectivity index (χ1) is 9.48. The summed E-state index contributed by atoms with van der Waals surface area (Å²) >= 11 is 0. The molecule has 0 saturated heterocycles. The van der Waals surface area contributed by atoms with E-state index in [2.05, 4.69) is 4.72 Å². The van der Waals surface area contributed by atoms with Gasteiger partial charge in [-0.05, 0) is 30.5 Å². The second-order valence-electron chi connectivity index (χ2n) is 5.00. The lowest BCUT2D eigenvalue weighted by molar-refractivity contribution is -0.120. The minimum Gasteiger partial charge on any atom is -0.300 e. The Hall–Kier alpha value is -1.71. The molecule has 1 aromatic rings. The number of nitrogens with one attached hydrogen (secondary N) is 1. The van der Waals surface area contributed by atoms with E-state index in [1.807, 2.05) is 6.07 Å². The van der Waals surface area contributed by atoms with Crippen molar-refractivity contribution in [2.45, 2.75) is 37.5 Å². The van der Waals surface area contributed by atoms with Gasteiger partial charge in [-0.3, -0.25) is 4.79 Å². The molecule has 0 aromatic heterocycles. The van der Waals surface area contributed by atoms with Crippen LogP contribution in [0.1, 0.15) is 36.8 Å². The Morgan fingerprint density at radius 1 is 1.20 bits per heavy atom. The molecule has 6 heteroatoms. The molecule has 20 heavy (non-hydrogen) atoms. The van der Waals surface area contributed by atoms with Crippen molar-refractivity contribution in [1.29, 1.82) is 5.26 Å². The van der Waals surface area contributed by atoms with Crippen LogP contribution < -0.4 is 4.72 Å². The van der Waals surface area contributed by atoms with Crippen molar-refractivity contribution in [2.24, 2.45) is 0 Å². The van der Waals surface area contributed by atoms with Gasteiger partial charge in [0.1, 0.15) is 5.78 Å². The fourth-order valence-electron chi connectivity index (χ4n) is 2.25.